The largest absolute Gasteiger partial charge is 0.321 e. The molecule has 1 saturated heterocycles. The Labute approximate surface area is 71.5 Å². The third-order valence-corrected chi connectivity index (χ3v) is 1.85. The monoisotopic (exact) mass is 165 g/mol. The quantitative estimate of drug-likeness (QED) is 0.533. The van der Waals surface area contributed by atoms with Gasteiger partial charge in [-0.05, 0) is 6.08 Å². The van der Waals surface area contributed by atoms with Gasteiger partial charge in [0.15, 0.2) is 0 Å². The Bertz CT molecular complexity index is 231. The van der Waals surface area contributed by atoms with E-state index >= 15 is 0 Å². The summed E-state index contributed by atoms with van der Waals surface area (Å²) in [6.07, 6.45) is 1.25. The Morgan fingerprint density at radius 3 is 3.17 bits per heavy atom. The minimum atomic E-state index is -0.343. The average Bonchev–Trinajstić information content (AvgIpc) is 2.16. The number of nitriles is 1. The standard InChI is InChI=1S/C8H11N3O/c1-2-8(12)11-4-3-10-6-7(11)5-9/h2,7,10H,1,3-4,6H2. The van der Waals surface area contributed by atoms with E-state index in [-0.39, 0.29) is 11.9 Å². The Morgan fingerprint density at radius 1 is 1.83 bits per heavy atom. The number of carbonyl (C=O) groups is 1. The van der Waals surface area contributed by atoms with E-state index in [2.05, 4.69) is 18.0 Å². The second-order valence-electron chi connectivity index (χ2n) is 2.58. The number of nitrogens with zero attached hydrogens (tertiary/aromatic N) is 2. The van der Waals surface area contributed by atoms with Crippen molar-refractivity contribution < 1.29 is 4.79 Å². The first-order valence-corrected chi connectivity index (χ1v) is 3.83. The molecule has 0 aliphatic carbocycles. The first kappa shape index (κ1) is 8.75. The molecule has 1 unspecified atom stereocenters. The van der Waals surface area contributed by atoms with Crippen LogP contribution in [0.15, 0.2) is 12.7 Å². The second-order valence-corrected chi connectivity index (χ2v) is 2.58. The van der Waals surface area contributed by atoms with E-state index in [0.29, 0.717) is 13.1 Å². The van der Waals surface area contributed by atoms with Crippen molar-refractivity contribution in [3.63, 3.8) is 0 Å². The van der Waals surface area contributed by atoms with Crippen LogP contribution in [0.3, 0.4) is 0 Å². The van der Waals surface area contributed by atoms with Crippen LogP contribution in [0.1, 0.15) is 0 Å². The average molecular weight is 165 g/mol. The molecule has 1 amide bonds. The highest BCUT2D eigenvalue weighted by Gasteiger charge is 2.23. The number of amides is 1. The number of nitrogens with one attached hydrogen (secondary N) is 1. The van der Waals surface area contributed by atoms with Gasteiger partial charge in [0, 0.05) is 19.6 Å². The summed E-state index contributed by atoms with van der Waals surface area (Å²) in [6.45, 7) is 5.27. The van der Waals surface area contributed by atoms with Gasteiger partial charge in [-0.2, -0.15) is 5.26 Å². The summed E-state index contributed by atoms with van der Waals surface area (Å²) in [6, 6.07) is 1.72. The number of rotatable bonds is 1. The molecule has 64 valence electrons. The van der Waals surface area contributed by atoms with Gasteiger partial charge in [-0.15, -0.1) is 0 Å². The number of piperazine rings is 1. The van der Waals surface area contributed by atoms with Crippen LogP contribution in [0.2, 0.25) is 0 Å². The lowest BCUT2D eigenvalue weighted by atomic mass is 10.2. The summed E-state index contributed by atoms with van der Waals surface area (Å²) in [5.41, 5.74) is 0. The topological polar surface area (TPSA) is 56.1 Å². The molecule has 0 saturated carbocycles. The molecule has 1 aliphatic rings. The zero-order chi connectivity index (χ0) is 8.97. The normalized spacial score (nSPS) is 22.9. The van der Waals surface area contributed by atoms with Crippen LogP contribution < -0.4 is 5.32 Å². The van der Waals surface area contributed by atoms with Gasteiger partial charge in [0.2, 0.25) is 5.91 Å². The van der Waals surface area contributed by atoms with Crippen LogP contribution in [-0.4, -0.2) is 36.5 Å². The summed E-state index contributed by atoms with van der Waals surface area (Å²) in [7, 11) is 0. The van der Waals surface area contributed by atoms with Crippen LogP contribution in [-0.2, 0) is 4.79 Å². The van der Waals surface area contributed by atoms with Gasteiger partial charge in [0.05, 0.1) is 6.07 Å². The van der Waals surface area contributed by atoms with Crippen LogP contribution >= 0.6 is 0 Å². The van der Waals surface area contributed by atoms with E-state index in [1.165, 1.54) is 11.0 Å². The van der Waals surface area contributed by atoms with Crippen molar-refractivity contribution in [3.8, 4) is 6.07 Å². The second kappa shape index (κ2) is 3.88. The fraction of sp³-hybridized carbons (Fsp3) is 0.500. The summed E-state index contributed by atoms with van der Waals surface area (Å²) in [4.78, 5) is 12.7. The van der Waals surface area contributed by atoms with Crippen LogP contribution in [0.5, 0.6) is 0 Å². The van der Waals surface area contributed by atoms with Crippen molar-refractivity contribution in [2.24, 2.45) is 0 Å². The van der Waals surface area contributed by atoms with Gasteiger partial charge in [0.1, 0.15) is 6.04 Å². The Morgan fingerprint density at radius 2 is 2.58 bits per heavy atom. The molecule has 1 heterocycles. The third kappa shape index (κ3) is 1.63. The van der Waals surface area contributed by atoms with Crippen molar-refractivity contribution in [1.29, 1.82) is 5.26 Å². The highest BCUT2D eigenvalue weighted by Crippen LogP contribution is 2.02. The first-order chi connectivity index (χ1) is 5.79. The molecule has 0 spiro atoms. The molecule has 0 radical (unpaired) electrons. The summed E-state index contributed by atoms with van der Waals surface area (Å²) < 4.78 is 0. The molecule has 4 nitrogen and oxygen atoms in total. The van der Waals surface area contributed by atoms with Crippen molar-refractivity contribution in [2.45, 2.75) is 6.04 Å². The van der Waals surface area contributed by atoms with E-state index in [9.17, 15) is 4.79 Å². The fourth-order valence-corrected chi connectivity index (χ4v) is 1.20. The molecule has 1 rings (SSSR count). The van der Waals surface area contributed by atoms with Crippen molar-refractivity contribution in [1.82, 2.24) is 10.2 Å². The first-order valence-electron chi connectivity index (χ1n) is 3.83. The SMILES string of the molecule is C=CC(=O)N1CCNCC1C#N. The summed E-state index contributed by atoms with van der Waals surface area (Å²) in [5, 5.41) is 11.7. The van der Waals surface area contributed by atoms with Gasteiger partial charge < -0.3 is 10.2 Å². The zero-order valence-electron chi connectivity index (χ0n) is 6.79. The third-order valence-electron chi connectivity index (χ3n) is 1.85. The molecular formula is C8H11N3O. The smallest absolute Gasteiger partial charge is 0.247 e. The minimum Gasteiger partial charge on any atom is -0.321 e. The molecular weight excluding hydrogens is 154 g/mol. The van der Waals surface area contributed by atoms with Crippen LogP contribution in [0.4, 0.5) is 0 Å². The Kier molecular flexibility index (Phi) is 2.83. The molecule has 12 heavy (non-hydrogen) atoms. The molecule has 1 aliphatic heterocycles. The van der Waals surface area contributed by atoms with E-state index < -0.39 is 0 Å². The predicted molar refractivity (Wildman–Crippen MR) is 44.2 cm³/mol. The lowest BCUT2D eigenvalue weighted by Gasteiger charge is -2.30. The maximum atomic E-state index is 11.2. The van der Waals surface area contributed by atoms with Gasteiger partial charge >= 0.3 is 0 Å². The molecule has 1 N–H and O–H groups in total. The van der Waals surface area contributed by atoms with E-state index in [1.54, 1.807) is 0 Å². The Balaban J connectivity index is 2.66. The van der Waals surface area contributed by atoms with Crippen LogP contribution in [0, 0.1) is 11.3 Å². The lowest BCUT2D eigenvalue weighted by Crippen LogP contribution is -2.52. The van der Waals surface area contributed by atoms with E-state index in [0.717, 1.165) is 6.54 Å². The number of carbonyl (C=O) groups excluding carboxylic acids is 1. The van der Waals surface area contributed by atoms with Gasteiger partial charge in [-0.25, -0.2) is 0 Å². The molecule has 0 aromatic rings. The molecule has 0 aromatic heterocycles. The maximum absolute atomic E-state index is 11.2. The van der Waals surface area contributed by atoms with Gasteiger partial charge in [-0.1, -0.05) is 6.58 Å². The van der Waals surface area contributed by atoms with Crippen molar-refractivity contribution in [2.75, 3.05) is 19.6 Å². The highest BCUT2D eigenvalue weighted by atomic mass is 16.2. The minimum absolute atomic E-state index is 0.164. The molecule has 4 heteroatoms. The van der Waals surface area contributed by atoms with Crippen molar-refractivity contribution >= 4 is 5.91 Å². The van der Waals surface area contributed by atoms with Crippen molar-refractivity contribution in [3.05, 3.63) is 12.7 Å². The summed E-state index contributed by atoms with van der Waals surface area (Å²) in [5.74, 6) is -0.164. The van der Waals surface area contributed by atoms with Gasteiger partial charge in [-0.3, -0.25) is 4.79 Å². The van der Waals surface area contributed by atoms with Gasteiger partial charge in [0.25, 0.3) is 0 Å². The predicted octanol–water partition coefficient (Wildman–Crippen LogP) is -0.504. The Hall–Kier alpha value is -1.34. The maximum Gasteiger partial charge on any atom is 0.247 e. The molecule has 1 atom stereocenters. The fourth-order valence-electron chi connectivity index (χ4n) is 1.20. The zero-order valence-corrected chi connectivity index (χ0v) is 6.79. The number of hydrogen-bond acceptors (Lipinski definition) is 3. The van der Waals surface area contributed by atoms with Crippen LogP contribution in [0.25, 0.3) is 0 Å². The molecule has 1 fully saturated rings. The summed E-state index contributed by atoms with van der Waals surface area (Å²) >= 11 is 0. The molecule has 0 aromatic carbocycles. The van der Waals surface area contributed by atoms with E-state index in [4.69, 9.17) is 5.26 Å². The number of hydrogen-bond donors (Lipinski definition) is 1. The highest BCUT2D eigenvalue weighted by molar-refractivity contribution is 5.87. The lowest BCUT2D eigenvalue weighted by molar-refractivity contribution is -0.127. The molecule has 0 bridgehead atoms. The van der Waals surface area contributed by atoms with E-state index in [1.807, 2.05) is 0 Å².